The predicted molar refractivity (Wildman–Crippen MR) is 56.0 cm³/mol. The Bertz CT molecular complexity index is 321. The Balaban J connectivity index is 3.12. The summed E-state index contributed by atoms with van der Waals surface area (Å²) in [6.45, 7) is 5.83. The van der Waals surface area contributed by atoms with E-state index in [9.17, 15) is 0 Å². The lowest BCUT2D eigenvalue weighted by atomic mass is 9.97. The van der Waals surface area contributed by atoms with Gasteiger partial charge >= 0.3 is 0 Å². The van der Waals surface area contributed by atoms with Crippen LogP contribution in [0, 0.1) is 6.92 Å². The lowest BCUT2D eigenvalue weighted by Crippen LogP contribution is -2.25. The summed E-state index contributed by atoms with van der Waals surface area (Å²) in [6.07, 6.45) is 0. The Hall–Kier alpha value is -1.06. The number of benzene rings is 1. The molecule has 1 rings (SSSR count). The van der Waals surface area contributed by atoms with Crippen molar-refractivity contribution in [3.8, 4) is 5.75 Å². The largest absolute Gasteiger partial charge is 0.496 e. The summed E-state index contributed by atoms with van der Waals surface area (Å²) < 4.78 is 5.23. The minimum absolute atomic E-state index is 0.485. The molecule has 2 N–H and O–H groups in total. The SMILES string of the molecule is COc1cc(C(C)(C)ON)ccc1C. The van der Waals surface area contributed by atoms with Gasteiger partial charge in [-0.2, -0.15) is 0 Å². The van der Waals surface area contributed by atoms with Crippen molar-refractivity contribution in [3.63, 3.8) is 0 Å². The number of methoxy groups -OCH3 is 1. The van der Waals surface area contributed by atoms with Crippen molar-refractivity contribution < 1.29 is 9.57 Å². The fourth-order valence-corrected chi connectivity index (χ4v) is 1.26. The molecule has 0 aliphatic carbocycles. The van der Waals surface area contributed by atoms with Crippen LogP contribution in [0.1, 0.15) is 25.0 Å². The highest BCUT2D eigenvalue weighted by Crippen LogP contribution is 2.28. The minimum atomic E-state index is -0.485. The van der Waals surface area contributed by atoms with Crippen LogP contribution in [0.5, 0.6) is 5.75 Å². The molecule has 0 unspecified atom stereocenters. The van der Waals surface area contributed by atoms with Gasteiger partial charge < -0.3 is 4.74 Å². The third kappa shape index (κ3) is 2.05. The third-order valence-corrected chi connectivity index (χ3v) is 2.40. The topological polar surface area (TPSA) is 44.5 Å². The van der Waals surface area contributed by atoms with Crippen molar-refractivity contribution >= 4 is 0 Å². The van der Waals surface area contributed by atoms with Gasteiger partial charge in [0.25, 0.3) is 0 Å². The van der Waals surface area contributed by atoms with Crippen LogP contribution in [-0.2, 0) is 10.4 Å². The first-order valence-electron chi connectivity index (χ1n) is 4.54. The molecular weight excluding hydrogens is 178 g/mol. The molecule has 3 nitrogen and oxygen atoms in total. The van der Waals surface area contributed by atoms with E-state index in [2.05, 4.69) is 0 Å². The molecule has 0 fully saturated rings. The van der Waals surface area contributed by atoms with Crippen molar-refractivity contribution in [3.05, 3.63) is 29.3 Å². The quantitative estimate of drug-likeness (QED) is 0.751. The Morgan fingerprint density at radius 3 is 2.43 bits per heavy atom. The summed E-state index contributed by atoms with van der Waals surface area (Å²) in [5.41, 5.74) is 1.62. The van der Waals surface area contributed by atoms with Crippen molar-refractivity contribution in [2.24, 2.45) is 5.90 Å². The predicted octanol–water partition coefficient (Wildman–Crippen LogP) is 2.13. The maximum atomic E-state index is 5.23. The first-order chi connectivity index (χ1) is 6.51. The lowest BCUT2D eigenvalue weighted by Gasteiger charge is -2.23. The molecule has 0 atom stereocenters. The molecule has 0 aromatic heterocycles. The third-order valence-electron chi connectivity index (χ3n) is 2.40. The standard InChI is InChI=1S/C11H17NO2/c1-8-5-6-9(7-10(8)13-4)11(2,3)14-12/h5-7H,12H2,1-4H3. The molecule has 1 aromatic carbocycles. The van der Waals surface area contributed by atoms with Crippen molar-refractivity contribution in [1.82, 2.24) is 0 Å². The first-order valence-corrected chi connectivity index (χ1v) is 4.54. The van der Waals surface area contributed by atoms with Gasteiger partial charge in [0.15, 0.2) is 0 Å². The number of aryl methyl sites for hydroxylation is 1. The van der Waals surface area contributed by atoms with Crippen LogP contribution in [0.2, 0.25) is 0 Å². The average molecular weight is 195 g/mol. The zero-order chi connectivity index (χ0) is 10.8. The highest BCUT2D eigenvalue weighted by atomic mass is 16.6. The number of hydrogen-bond donors (Lipinski definition) is 1. The van der Waals surface area contributed by atoms with Crippen LogP contribution in [-0.4, -0.2) is 7.11 Å². The van der Waals surface area contributed by atoms with E-state index < -0.39 is 5.60 Å². The highest BCUT2D eigenvalue weighted by Gasteiger charge is 2.21. The lowest BCUT2D eigenvalue weighted by molar-refractivity contribution is -0.0237. The Morgan fingerprint density at radius 1 is 1.29 bits per heavy atom. The van der Waals surface area contributed by atoms with Gasteiger partial charge in [-0.25, -0.2) is 5.90 Å². The molecule has 0 spiro atoms. The maximum absolute atomic E-state index is 5.23. The minimum Gasteiger partial charge on any atom is -0.496 e. The maximum Gasteiger partial charge on any atom is 0.122 e. The smallest absolute Gasteiger partial charge is 0.122 e. The summed E-state index contributed by atoms with van der Waals surface area (Å²) in [7, 11) is 1.66. The van der Waals surface area contributed by atoms with Gasteiger partial charge in [0, 0.05) is 0 Å². The van der Waals surface area contributed by atoms with Crippen molar-refractivity contribution in [2.45, 2.75) is 26.4 Å². The van der Waals surface area contributed by atoms with E-state index in [0.29, 0.717) is 0 Å². The number of nitrogens with two attached hydrogens (primary N) is 1. The molecule has 0 aliphatic rings. The zero-order valence-corrected chi connectivity index (χ0v) is 9.13. The molecule has 78 valence electrons. The van der Waals surface area contributed by atoms with Gasteiger partial charge in [-0.3, -0.25) is 4.84 Å². The van der Waals surface area contributed by atoms with Crippen LogP contribution < -0.4 is 10.6 Å². The molecular formula is C11H17NO2. The van der Waals surface area contributed by atoms with E-state index >= 15 is 0 Å². The summed E-state index contributed by atoms with van der Waals surface area (Å²) in [4.78, 5) is 4.91. The van der Waals surface area contributed by atoms with Crippen LogP contribution in [0.25, 0.3) is 0 Å². The van der Waals surface area contributed by atoms with E-state index in [1.807, 2.05) is 39.0 Å². The molecule has 0 saturated heterocycles. The molecule has 0 amide bonds. The summed E-state index contributed by atoms with van der Waals surface area (Å²) >= 11 is 0. The van der Waals surface area contributed by atoms with E-state index in [4.69, 9.17) is 15.5 Å². The van der Waals surface area contributed by atoms with Crippen LogP contribution >= 0.6 is 0 Å². The first kappa shape index (κ1) is 11.0. The second-order valence-corrected chi connectivity index (χ2v) is 3.81. The fourth-order valence-electron chi connectivity index (χ4n) is 1.26. The van der Waals surface area contributed by atoms with Crippen molar-refractivity contribution in [1.29, 1.82) is 0 Å². The number of rotatable bonds is 3. The van der Waals surface area contributed by atoms with Crippen LogP contribution in [0.3, 0.4) is 0 Å². The van der Waals surface area contributed by atoms with Gasteiger partial charge in [-0.1, -0.05) is 12.1 Å². The summed E-state index contributed by atoms with van der Waals surface area (Å²) in [6, 6.07) is 5.93. The van der Waals surface area contributed by atoms with Crippen LogP contribution in [0.4, 0.5) is 0 Å². The summed E-state index contributed by atoms with van der Waals surface area (Å²) in [5, 5.41) is 0. The van der Waals surface area contributed by atoms with Gasteiger partial charge in [-0.15, -0.1) is 0 Å². The molecule has 0 heterocycles. The zero-order valence-electron chi connectivity index (χ0n) is 9.13. The van der Waals surface area contributed by atoms with Gasteiger partial charge in [0.1, 0.15) is 11.4 Å². The molecule has 1 aromatic rings. The van der Waals surface area contributed by atoms with E-state index in [0.717, 1.165) is 16.9 Å². The second kappa shape index (κ2) is 3.98. The normalized spacial score (nSPS) is 11.5. The average Bonchev–Trinajstić information content (AvgIpc) is 2.18. The van der Waals surface area contributed by atoms with Gasteiger partial charge in [0.05, 0.1) is 7.11 Å². The monoisotopic (exact) mass is 195 g/mol. The Morgan fingerprint density at radius 2 is 1.93 bits per heavy atom. The highest BCUT2D eigenvalue weighted by molar-refractivity contribution is 5.38. The van der Waals surface area contributed by atoms with Gasteiger partial charge in [-0.05, 0) is 38.0 Å². The van der Waals surface area contributed by atoms with Gasteiger partial charge in [0.2, 0.25) is 0 Å². The molecule has 0 bridgehead atoms. The second-order valence-electron chi connectivity index (χ2n) is 3.81. The molecule has 0 radical (unpaired) electrons. The van der Waals surface area contributed by atoms with E-state index in [1.165, 1.54) is 0 Å². The fraction of sp³-hybridized carbons (Fsp3) is 0.455. The van der Waals surface area contributed by atoms with E-state index in [-0.39, 0.29) is 0 Å². The Labute approximate surface area is 84.8 Å². The molecule has 0 saturated carbocycles. The molecule has 0 aliphatic heterocycles. The Kier molecular flexibility index (Phi) is 3.13. The molecule has 14 heavy (non-hydrogen) atoms. The van der Waals surface area contributed by atoms with Crippen LogP contribution in [0.15, 0.2) is 18.2 Å². The van der Waals surface area contributed by atoms with E-state index in [1.54, 1.807) is 7.11 Å². The van der Waals surface area contributed by atoms with Crippen molar-refractivity contribution in [2.75, 3.05) is 7.11 Å². The summed E-state index contributed by atoms with van der Waals surface area (Å²) in [5.74, 6) is 6.08. The number of ether oxygens (including phenoxy) is 1. The molecule has 3 heteroatoms. The number of hydrogen-bond acceptors (Lipinski definition) is 3.